The Hall–Kier alpha value is -4.36. The van der Waals surface area contributed by atoms with Crippen LogP contribution in [0.2, 0.25) is 0 Å². The van der Waals surface area contributed by atoms with Crippen LogP contribution in [0.15, 0.2) is 94.6 Å². The van der Waals surface area contributed by atoms with Crippen LogP contribution in [-0.2, 0) is 0 Å². The summed E-state index contributed by atoms with van der Waals surface area (Å²) in [6.07, 6.45) is 7.56. The first-order valence-corrected chi connectivity index (χ1v) is 9.44. The average Bonchev–Trinajstić information content (AvgIpc) is 2.82. The fourth-order valence-corrected chi connectivity index (χ4v) is 3.64. The maximum atomic E-state index is 9.74. The number of fused-ring (bicyclic) bond motifs is 2. The van der Waals surface area contributed by atoms with Gasteiger partial charge in [0.2, 0.25) is 0 Å². The van der Waals surface area contributed by atoms with Gasteiger partial charge in [0, 0.05) is 17.0 Å². The summed E-state index contributed by atoms with van der Waals surface area (Å²) in [6, 6.07) is 25.6. The Morgan fingerprint density at radius 2 is 1.63 bits per heavy atom. The van der Waals surface area contributed by atoms with Gasteiger partial charge in [-0.3, -0.25) is 4.98 Å². The molecule has 0 bridgehead atoms. The summed E-state index contributed by atoms with van der Waals surface area (Å²) >= 11 is 0. The van der Waals surface area contributed by atoms with Crippen LogP contribution in [0.25, 0.3) is 44.3 Å². The van der Waals surface area contributed by atoms with Gasteiger partial charge in [-0.05, 0) is 34.7 Å². The van der Waals surface area contributed by atoms with Crippen molar-refractivity contribution in [3.8, 4) is 34.9 Å². The van der Waals surface area contributed by atoms with Crippen molar-refractivity contribution >= 4 is 21.7 Å². The molecule has 0 aliphatic rings. The summed E-state index contributed by atoms with van der Waals surface area (Å²) in [6.45, 7) is 0. The first kappa shape index (κ1) is 17.7. The molecule has 3 aromatic carbocycles. The van der Waals surface area contributed by atoms with Crippen molar-refractivity contribution in [2.45, 2.75) is 0 Å². The predicted octanol–water partition coefficient (Wildman–Crippen LogP) is 5.59. The summed E-state index contributed by atoms with van der Waals surface area (Å²) in [5.41, 5.74) is 3.55. The lowest BCUT2D eigenvalue weighted by atomic mass is 10.0. The van der Waals surface area contributed by atoms with Crippen LogP contribution in [0.5, 0.6) is 0 Å². The zero-order valence-corrected chi connectivity index (χ0v) is 15.9. The second-order valence-corrected chi connectivity index (χ2v) is 6.89. The molecule has 0 saturated heterocycles. The maximum Gasteiger partial charge on any atom is 0.171 e. The van der Waals surface area contributed by atoms with Gasteiger partial charge in [0.05, 0.1) is 5.56 Å². The van der Waals surface area contributed by atoms with Crippen molar-refractivity contribution in [2.24, 2.45) is 5.16 Å². The van der Waals surface area contributed by atoms with Crippen LogP contribution in [-0.4, -0.2) is 10.2 Å². The summed E-state index contributed by atoms with van der Waals surface area (Å²) in [5.74, 6) is 3.01. The molecule has 1 N–H and O–H groups in total. The maximum absolute atomic E-state index is 9.74. The molecule has 5 rings (SSSR count). The largest absolute Gasteiger partial charge is 0.453 e. The van der Waals surface area contributed by atoms with E-state index < -0.39 is 0 Å². The summed E-state index contributed by atoms with van der Waals surface area (Å²) < 4.78 is 6.25. The zero-order chi connectivity index (χ0) is 20.5. The van der Waals surface area contributed by atoms with Crippen molar-refractivity contribution in [1.82, 2.24) is 4.98 Å². The molecule has 0 unspecified atom stereocenters. The lowest BCUT2D eigenvalue weighted by molar-refractivity contribution is 0.302. The molecule has 0 spiro atoms. The van der Waals surface area contributed by atoms with E-state index in [0.717, 1.165) is 21.9 Å². The molecule has 2 heterocycles. The van der Waals surface area contributed by atoms with Gasteiger partial charge in [0.1, 0.15) is 16.6 Å². The SMILES string of the molecule is C#Cc1c(-c2cc3ccccc3cn2)oc2cc(-c3ccccc3)ccc2c1=NO. The van der Waals surface area contributed by atoms with Crippen LogP contribution >= 0.6 is 0 Å². The predicted molar refractivity (Wildman–Crippen MR) is 118 cm³/mol. The lowest BCUT2D eigenvalue weighted by Gasteiger charge is -2.10. The number of hydrogen-bond donors (Lipinski definition) is 1. The third-order valence-corrected chi connectivity index (χ3v) is 5.13. The molecule has 0 radical (unpaired) electrons. The summed E-state index contributed by atoms with van der Waals surface area (Å²) in [5, 5.41) is 16.2. The standard InChI is InChI=1S/C26H16N2O2/c1-2-21-25(28-29)22-13-12-19(17-8-4-3-5-9-17)15-24(22)30-26(21)23-14-18-10-6-7-11-20(18)16-27-23/h1,3-16,29H. The minimum atomic E-state index is 0.295. The summed E-state index contributed by atoms with van der Waals surface area (Å²) in [4.78, 5) is 4.54. The normalized spacial score (nSPS) is 11.6. The van der Waals surface area contributed by atoms with Crippen LogP contribution in [0.3, 0.4) is 0 Å². The highest BCUT2D eigenvalue weighted by molar-refractivity contribution is 5.88. The fourth-order valence-electron chi connectivity index (χ4n) is 3.64. The molecule has 0 aliphatic carbocycles. The summed E-state index contributed by atoms with van der Waals surface area (Å²) in [7, 11) is 0. The van der Waals surface area contributed by atoms with Gasteiger partial charge >= 0.3 is 0 Å². The van der Waals surface area contributed by atoms with E-state index in [-0.39, 0.29) is 0 Å². The molecular weight excluding hydrogens is 372 g/mol. The smallest absolute Gasteiger partial charge is 0.171 e. The van der Waals surface area contributed by atoms with E-state index in [9.17, 15) is 5.21 Å². The van der Waals surface area contributed by atoms with Crippen molar-refractivity contribution in [1.29, 1.82) is 0 Å². The first-order chi connectivity index (χ1) is 14.8. The van der Waals surface area contributed by atoms with Gasteiger partial charge in [-0.25, -0.2) is 0 Å². The van der Waals surface area contributed by atoms with E-state index >= 15 is 0 Å². The monoisotopic (exact) mass is 388 g/mol. The highest BCUT2D eigenvalue weighted by atomic mass is 16.4. The van der Waals surface area contributed by atoms with Crippen LogP contribution in [0, 0.1) is 12.3 Å². The fraction of sp³-hybridized carbons (Fsp3) is 0. The van der Waals surface area contributed by atoms with E-state index in [1.54, 1.807) is 6.20 Å². The number of pyridine rings is 1. The van der Waals surface area contributed by atoms with Gasteiger partial charge in [-0.1, -0.05) is 71.7 Å². The topological polar surface area (TPSA) is 58.6 Å². The lowest BCUT2D eigenvalue weighted by Crippen LogP contribution is -2.11. The molecule has 30 heavy (non-hydrogen) atoms. The molecular formula is C26H16N2O2. The van der Waals surface area contributed by atoms with Crippen molar-refractivity contribution in [3.05, 3.63) is 96.0 Å². The van der Waals surface area contributed by atoms with E-state index in [1.807, 2.05) is 78.9 Å². The third-order valence-electron chi connectivity index (χ3n) is 5.13. The molecule has 5 aromatic rings. The van der Waals surface area contributed by atoms with E-state index in [2.05, 4.69) is 16.1 Å². The van der Waals surface area contributed by atoms with Gasteiger partial charge < -0.3 is 9.62 Å². The number of nitrogens with zero attached hydrogens (tertiary/aromatic N) is 2. The van der Waals surface area contributed by atoms with Gasteiger partial charge in [-0.15, -0.1) is 6.42 Å². The Balaban J connectivity index is 1.81. The second kappa shape index (κ2) is 7.23. The van der Waals surface area contributed by atoms with Crippen molar-refractivity contribution in [2.75, 3.05) is 0 Å². The molecule has 4 nitrogen and oxygen atoms in total. The molecule has 0 aliphatic heterocycles. The number of aromatic nitrogens is 1. The molecule has 0 fully saturated rings. The minimum Gasteiger partial charge on any atom is -0.453 e. The molecule has 142 valence electrons. The minimum absolute atomic E-state index is 0.295. The number of benzene rings is 3. The van der Waals surface area contributed by atoms with Crippen LogP contribution in [0.1, 0.15) is 5.56 Å². The van der Waals surface area contributed by atoms with Gasteiger partial charge in [0.25, 0.3) is 0 Å². The molecule has 4 heteroatoms. The quantitative estimate of drug-likeness (QED) is 0.244. The Bertz CT molecular complexity index is 1510. The molecule has 0 amide bonds. The Morgan fingerprint density at radius 3 is 2.40 bits per heavy atom. The highest BCUT2D eigenvalue weighted by Crippen LogP contribution is 2.29. The number of rotatable bonds is 2. The molecule has 0 saturated carbocycles. The van der Waals surface area contributed by atoms with E-state index in [0.29, 0.717) is 33.3 Å². The Morgan fingerprint density at radius 1 is 0.867 bits per heavy atom. The first-order valence-electron chi connectivity index (χ1n) is 9.44. The molecule has 2 aromatic heterocycles. The van der Waals surface area contributed by atoms with Crippen molar-refractivity contribution in [3.63, 3.8) is 0 Å². The van der Waals surface area contributed by atoms with Crippen LogP contribution < -0.4 is 5.36 Å². The number of terminal acetylenes is 1. The third kappa shape index (κ3) is 2.90. The van der Waals surface area contributed by atoms with Gasteiger partial charge in [-0.2, -0.15) is 0 Å². The second-order valence-electron chi connectivity index (χ2n) is 6.89. The zero-order valence-electron chi connectivity index (χ0n) is 15.9. The molecule has 0 atom stereocenters. The van der Waals surface area contributed by atoms with Crippen molar-refractivity contribution < 1.29 is 9.62 Å². The Kier molecular flexibility index (Phi) is 4.27. The van der Waals surface area contributed by atoms with Gasteiger partial charge in [0.15, 0.2) is 5.76 Å². The number of hydrogen-bond acceptors (Lipinski definition) is 4. The Labute approximate surface area is 172 Å². The van der Waals surface area contributed by atoms with E-state index in [1.165, 1.54) is 0 Å². The van der Waals surface area contributed by atoms with Crippen LogP contribution in [0.4, 0.5) is 0 Å². The van der Waals surface area contributed by atoms with E-state index in [4.69, 9.17) is 10.8 Å². The highest BCUT2D eigenvalue weighted by Gasteiger charge is 2.16. The average molecular weight is 388 g/mol.